The molecular formula is C12H24N2O. The van der Waals surface area contributed by atoms with Crippen LogP contribution in [0.1, 0.15) is 38.5 Å². The molecule has 0 atom stereocenters. The van der Waals surface area contributed by atoms with Crippen LogP contribution in [0.15, 0.2) is 0 Å². The number of hydrogen-bond acceptors (Lipinski definition) is 3. The first-order chi connectivity index (χ1) is 7.24. The number of rotatable bonds is 3. The minimum Gasteiger partial charge on any atom is -0.393 e. The molecule has 1 aliphatic heterocycles. The first-order valence-corrected chi connectivity index (χ1v) is 6.33. The van der Waals surface area contributed by atoms with Gasteiger partial charge in [0.1, 0.15) is 0 Å². The van der Waals surface area contributed by atoms with Gasteiger partial charge in [-0.3, -0.25) is 0 Å². The third-order valence-electron chi connectivity index (χ3n) is 4.17. The summed E-state index contributed by atoms with van der Waals surface area (Å²) in [7, 11) is 2.08. The Morgan fingerprint density at radius 2 is 1.87 bits per heavy atom. The molecule has 1 saturated heterocycles. The van der Waals surface area contributed by atoms with E-state index >= 15 is 0 Å². The van der Waals surface area contributed by atoms with Gasteiger partial charge in [0.15, 0.2) is 0 Å². The lowest BCUT2D eigenvalue weighted by Crippen LogP contribution is -2.54. The summed E-state index contributed by atoms with van der Waals surface area (Å²) in [5.74, 6) is 0. The molecule has 0 spiro atoms. The van der Waals surface area contributed by atoms with Gasteiger partial charge in [-0.15, -0.1) is 0 Å². The van der Waals surface area contributed by atoms with Gasteiger partial charge < -0.3 is 15.3 Å². The van der Waals surface area contributed by atoms with Crippen molar-refractivity contribution in [3.8, 4) is 0 Å². The van der Waals surface area contributed by atoms with Crippen molar-refractivity contribution in [1.82, 2.24) is 10.2 Å². The second kappa shape index (κ2) is 4.81. The summed E-state index contributed by atoms with van der Waals surface area (Å²) in [6, 6.07) is 0. The van der Waals surface area contributed by atoms with Crippen LogP contribution in [0, 0.1) is 0 Å². The Balaban J connectivity index is 1.89. The lowest BCUT2D eigenvalue weighted by molar-refractivity contribution is 0.0704. The van der Waals surface area contributed by atoms with Crippen LogP contribution < -0.4 is 5.32 Å². The van der Waals surface area contributed by atoms with Crippen LogP contribution >= 0.6 is 0 Å². The molecule has 0 amide bonds. The van der Waals surface area contributed by atoms with Crippen molar-refractivity contribution in [2.75, 3.05) is 26.7 Å². The second-order valence-corrected chi connectivity index (χ2v) is 5.24. The molecule has 0 radical (unpaired) electrons. The van der Waals surface area contributed by atoms with Gasteiger partial charge in [0, 0.05) is 12.1 Å². The summed E-state index contributed by atoms with van der Waals surface area (Å²) in [6.07, 6.45) is 6.86. The van der Waals surface area contributed by atoms with Crippen LogP contribution in [0.5, 0.6) is 0 Å². The Morgan fingerprint density at radius 1 is 1.27 bits per heavy atom. The van der Waals surface area contributed by atoms with Crippen LogP contribution in [0.3, 0.4) is 0 Å². The molecule has 0 aromatic carbocycles. The zero-order valence-electron chi connectivity index (χ0n) is 9.84. The van der Waals surface area contributed by atoms with Gasteiger partial charge in [0.2, 0.25) is 0 Å². The highest BCUT2D eigenvalue weighted by Crippen LogP contribution is 2.29. The fourth-order valence-corrected chi connectivity index (χ4v) is 3.01. The SMILES string of the molecule is CNC1(CN2CCCC2)CCC(O)CC1. The fraction of sp³-hybridized carbons (Fsp3) is 1.00. The van der Waals surface area contributed by atoms with Crippen LogP contribution in [0.4, 0.5) is 0 Å². The van der Waals surface area contributed by atoms with E-state index in [0.29, 0.717) is 0 Å². The number of nitrogens with zero attached hydrogens (tertiary/aromatic N) is 1. The number of aliphatic hydroxyl groups is 1. The molecule has 0 aromatic rings. The molecule has 3 heteroatoms. The molecule has 3 nitrogen and oxygen atoms in total. The molecule has 0 unspecified atom stereocenters. The minimum absolute atomic E-state index is 0.0509. The van der Waals surface area contributed by atoms with Crippen molar-refractivity contribution >= 4 is 0 Å². The van der Waals surface area contributed by atoms with Crippen molar-refractivity contribution in [3.63, 3.8) is 0 Å². The van der Waals surface area contributed by atoms with Crippen LogP contribution in [-0.4, -0.2) is 48.3 Å². The number of aliphatic hydroxyl groups excluding tert-OH is 1. The van der Waals surface area contributed by atoms with E-state index in [4.69, 9.17) is 0 Å². The highest BCUT2D eigenvalue weighted by molar-refractivity contribution is 4.95. The number of likely N-dealkylation sites (tertiary alicyclic amines) is 1. The number of nitrogens with one attached hydrogen (secondary N) is 1. The van der Waals surface area contributed by atoms with Gasteiger partial charge >= 0.3 is 0 Å². The normalized spacial score (nSPS) is 38.4. The summed E-state index contributed by atoms with van der Waals surface area (Å²) in [5.41, 5.74) is 0.281. The largest absolute Gasteiger partial charge is 0.393 e. The Labute approximate surface area is 92.8 Å². The molecule has 1 aliphatic carbocycles. The molecule has 88 valence electrons. The van der Waals surface area contributed by atoms with Gasteiger partial charge in [0.05, 0.1) is 6.10 Å². The maximum Gasteiger partial charge on any atom is 0.0541 e. The standard InChI is InChI=1S/C12H24N2O/c1-13-12(6-4-11(15)5-7-12)10-14-8-2-3-9-14/h11,13,15H,2-10H2,1H3. The average Bonchev–Trinajstić information content (AvgIpc) is 2.75. The molecule has 1 saturated carbocycles. The third kappa shape index (κ3) is 2.71. The molecule has 2 fully saturated rings. The molecule has 2 rings (SSSR count). The third-order valence-corrected chi connectivity index (χ3v) is 4.17. The van der Waals surface area contributed by atoms with Crippen LogP contribution in [0.2, 0.25) is 0 Å². The Morgan fingerprint density at radius 3 is 2.40 bits per heavy atom. The molecule has 15 heavy (non-hydrogen) atoms. The first-order valence-electron chi connectivity index (χ1n) is 6.33. The predicted molar refractivity (Wildman–Crippen MR) is 61.9 cm³/mol. The lowest BCUT2D eigenvalue weighted by atomic mass is 9.80. The van der Waals surface area contributed by atoms with E-state index in [1.807, 2.05) is 0 Å². The summed E-state index contributed by atoms with van der Waals surface area (Å²) in [5, 5.41) is 13.1. The van der Waals surface area contributed by atoms with Crippen molar-refractivity contribution in [2.45, 2.75) is 50.2 Å². The summed E-state index contributed by atoms with van der Waals surface area (Å²) in [6.45, 7) is 3.72. The first kappa shape index (κ1) is 11.4. The topological polar surface area (TPSA) is 35.5 Å². The molecule has 1 heterocycles. The average molecular weight is 212 g/mol. The second-order valence-electron chi connectivity index (χ2n) is 5.24. The van der Waals surface area contributed by atoms with Gasteiger partial charge in [0.25, 0.3) is 0 Å². The summed E-state index contributed by atoms with van der Waals surface area (Å²) < 4.78 is 0. The Bertz CT molecular complexity index is 194. The smallest absolute Gasteiger partial charge is 0.0541 e. The van der Waals surface area contributed by atoms with Gasteiger partial charge in [-0.1, -0.05) is 0 Å². The minimum atomic E-state index is -0.0509. The molecule has 0 aromatic heterocycles. The van der Waals surface area contributed by atoms with Crippen molar-refractivity contribution in [3.05, 3.63) is 0 Å². The Hall–Kier alpha value is -0.120. The maximum absolute atomic E-state index is 9.56. The van der Waals surface area contributed by atoms with E-state index in [0.717, 1.165) is 25.7 Å². The van der Waals surface area contributed by atoms with Crippen molar-refractivity contribution in [2.24, 2.45) is 0 Å². The van der Waals surface area contributed by atoms with E-state index in [2.05, 4.69) is 17.3 Å². The zero-order valence-corrected chi connectivity index (χ0v) is 9.84. The van der Waals surface area contributed by atoms with E-state index in [1.54, 1.807) is 0 Å². The van der Waals surface area contributed by atoms with Crippen molar-refractivity contribution in [1.29, 1.82) is 0 Å². The number of likely N-dealkylation sites (N-methyl/N-ethyl adjacent to an activating group) is 1. The lowest BCUT2D eigenvalue weighted by Gasteiger charge is -2.41. The van der Waals surface area contributed by atoms with Crippen LogP contribution in [0.25, 0.3) is 0 Å². The van der Waals surface area contributed by atoms with Gasteiger partial charge in [-0.05, 0) is 58.7 Å². The van der Waals surface area contributed by atoms with Crippen molar-refractivity contribution < 1.29 is 5.11 Å². The quantitative estimate of drug-likeness (QED) is 0.732. The van der Waals surface area contributed by atoms with E-state index < -0.39 is 0 Å². The highest BCUT2D eigenvalue weighted by Gasteiger charge is 2.35. The molecular weight excluding hydrogens is 188 g/mol. The predicted octanol–water partition coefficient (Wildman–Crippen LogP) is 0.975. The highest BCUT2D eigenvalue weighted by atomic mass is 16.3. The summed E-state index contributed by atoms with van der Waals surface area (Å²) in [4.78, 5) is 2.58. The van der Waals surface area contributed by atoms with E-state index in [1.165, 1.54) is 32.5 Å². The van der Waals surface area contributed by atoms with E-state index in [-0.39, 0.29) is 11.6 Å². The van der Waals surface area contributed by atoms with E-state index in [9.17, 15) is 5.11 Å². The summed E-state index contributed by atoms with van der Waals surface area (Å²) >= 11 is 0. The van der Waals surface area contributed by atoms with Crippen LogP contribution in [-0.2, 0) is 0 Å². The maximum atomic E-state index is 9.56. The molecule has 2 N–H and O–H groups in total. The Kier molecular flexibility index (Phi) is 3.65. The monoisotopic (exact) mass is 212 g/mol. The molecule has 2 aliphatic rings. The van der Waals surface area contributed by atoms with Gasteiger partial charge in [-0.2, -0.15) is 0 Å². The van der Waals surface area contributed by atoms with Gasteiger partial charge in [-0.25, -0.2) is 0 Å². The molecule has 0 bridgehead atoms. The number of hydrogen-bond donors (Lipinski definition) is 2. The fourth-order valence-electron chi connectivity index (χ4n) is 3.01. The zero-order chi connectivity index (χ0) is 10.7.